The van der Waals surface area contributed by atoms with E-state index in [0.717, 1.165) is 26.3 Å². The molecule has 1 unspecified atom stereocenters. The molecule has 3 aliphatic rings. The van der Waals surface area contributed by atoms with Gasteiger partial charge in [-0.05, 0) is 32.6 Å². The van der Waals surface area contributed by atoms with Gasteiger partial charge in [0.05, 0.1) is 25.3 Å². The fourth-order valence-electron chi connectivity index (χ4n) is 4.27. The van der Waals surface area contributed by atoms with E-state index in [9.17, 15) is 0 Å². The molecule has 0 aromatic carbocycles. The summed E-state index contributed by atoms with van der Waals surface area (Å²) in [7, 11) is 0. The molecule has 0 spiro atoms. The summed E-state index contributed by atoms with van der Waals surface area (Å²) in [5, 5.41) is 3.87. The van der Waals surface area contributed by atoms with Gasteiger partial charge in [-0.15, -0.1) is 0 Å². The highest BCUT2D eigenvalue weighted by molar-refractivity contribution is 5.87. The Morgan fingerprint density at radius 1 is 0.957 bits per heavy atom. The van der Waals surface area contributed by atoms with Crippen LogP contribution in [0.1, 0.15) is 71.1 Å². The first-order valence-corrected chi connectivity index (χ1v) is 9.99. The first-order valence-electron chi connectivity index (χ1n) is 9.99. The molecular weight excluding hydrogens is 286 g/mol. The molecular formula is C19H35N3O. The third kappa shape index (κ3) is 5.18. The molecule has 0 aromatic rings. The molecule has 1 atom stereocenters. The summed E-state index contributed by atoms with van der Waals surface area (Å²) in [5.41, 5.74) is 0. The van der Waals surface area contributed by atoms with Crippen molar-refractivity contribution < 1.29 is 4.74 Å². The number of hydrogen-bond acceptors (Lipinski definition) is 3. The second-order valence-corrected chi connectivity index (χ2v) is 7.61. The number of nitrogens with one attached hydrogen (secondary N) is 1. The number of aliphatic imine (C=N–C) groups is 1. The zero-order valence-electron chi connectivity index (χ0n) is 14.9. The van der Waals surface area contributed by atoms with Crippen molar-refractivity contribution >= 4 is 5.84 Å². The predicted octanol–water partition coefficient (Wildman–Crippen LogP) is 3.36. The van der Waals surface area contributed by atoms with Gasteiger partial charge in [-0.3, -0.25) is 9.89 Å². The summed E-state index contributed by atoms with van der Waals surface area (Å²) in [5.74, 6) is 1.27. The molecule has 1 aliphatic heterocycles. The Bertz CT molecular complexity index is 367. The third-order valence-electron chi connectivity index (χ3n) is 5.84. The average Bonchev–Trinajstić information content (AvgIpc) is 2.63. The minimum absolute atomic E-state index is 0.405. The highest BCUT2D eigenvalue weighted by atomic mass is 16.5. The Hall–Kier alpha value is -0.610. The van der Waals surface area contributed by atoms with Crippen LogP contribution in [0.3, 0.4) is 0 Å². The van der Waals surface area contributed by atoms with Gasteiger partial charge in [-0.25, -0.2) is 0 Å². The lowest BCUT2D eigenvalue weighted by Gasteiger charge is -2.36. The van der Waals surface area contributed by atoms with Gasteiger partial charge in [-0.1, -0.05) is 38.5 Å². The van der Waals surface area contributed by atoms with Crippen LogP contribution in [0.2, 0.25) is 0 Å². The monoisotopic (exact) mass is 321 g/mol. The van der Waals surface area contributed by atoms with E-state index in [0.29, 0.717) is 18.1 Å². The van der Waals surface area contributed by atoms with E-state index in [-0.39, 0.29) is 0 Å². The van der Waals surface area contributed by atoms with Crippen molar-refractivity contribution in [2.75, 3.05) is 26.3 Å². The van der Waals surface area contributed by atoms with E-state index in [4.69, 9.17) is 9.73 Å². The largest absolute Gasteiger partial charge is 0.379 e. The second-order valence-electron chi connectivity index (χ2n) is 7.61. The normalized spacial score (nSPS) is 27.8. The maximum atomic E-state index is 5.53. The van der Waals surface area contributed by atoms with Gasteiger partial charge in [0.1, 0.15) is 5.84 Å². The number of hydrogen-bond donors (Lipinski definition) is 1. The van der Waals surface area contributed by atoms with E-state index >= 15 is 0 Å². The Labute approximate surface area is 142 Å². The maximum absolute atomic E-state index is 5.53. The van der Waals surface area contributed by atoms with Crippen LogP contribution in [0.5, 0.6) is 0 Å². The van der Waals surface area contributed by atoms with Crippen LogP contribution in [-0.4, -0.2) is 55.2 Å². The Kier molecular flexibility index (Phi) is 6.76. The number of ether oxygens (including phenoxy) is 1. The number of rotatable bonds is 4. The van der Waals surface area contributed by atoms with Crippen LogP contribution in [0.4, 0.5) is 0 Å². The average molecular weight is 322 g/mol. The van der Waals surface area contributed by atoms with E-state index < -0.39 is 0 Å². The first-order chi connectivity index (χ1) is 11.3. The van der Waals surface area contributed by atoms with Crippen molar-refractivity contribution in [1.29, 1.82) is 0 Å². The lowest BCUT2D eigenvalue weighted by molar-refractivity contribution is 0.0310. The van der Waals surface area contributed by atoms with Crippen molar-refractivity contribution in [2.45, 2.75) is 89.3 Å². The minimum atomic E-state index is 0.405. The molecule has 23 heavy (non-hydrogen) atoms. The summed E-state index contributed by atoms with van der Waals surface area (Å²) < 4.78 is 5.53. The highest BCUT2D eigenvalue weighted by Gasteiger charge is 2.25. The van der Waals surface area contributed by atoms with Crippen LogP contribution >= 0.6 is 0 Å². The maximum Gasteiger partial charge on any atom is 0.114 e. The Morgan fingerprint density at radius 3 is 2.22 bits per heavy atom. The lowest BCUT2D eigenvalue weighted by atomic mass is 9.94. The molecule has 1 heterocycles. The fraction of sp³-hybridized carbons (Fsp3) is 0.947. The van der Waals surface area contributed by atoms with Gasteiger partial charge in [0, 0.05) is 19.1 Å². The lowest BCUT2D eigenvalue weighted by Crippen LogP contribution is -2.52. The van der Waals surface area contributed by atoms with Gasteiger partial charge in [0.15, 0.2) is 0 Å². The zero-order valence-corrected chi connectivity index (χ0v) is 14.9. The van der Waals surface area contributed by atoms with Crippen molar-refractivity contribution in [3.8, 4) is 0 Å². The third-order valence-corrected chi connectivity index (χ3v) is 5.84. The van der Waals surface area contributed by atoms with E-state index in [1.807, 2.05) is 0 Å². The van der Waals surface area contributed by atoms with Gasteiger partial charge < -0.3 is 10.1 Å². The molecule has 3 rings (SSSR count). The predicted molar refractivity (Wildman–Crippen MR) is 96.2 cm³/mol. The van der Waals surface area contributed by atoms with Crippen LogP contribution in [0, 0.1) is 0 Å². The van der Waals surface area contributed by atoms with Gasteiger partial charge in [-0.2, -0.15) is 0 Å². The summed E-state index contributed by atoms with van der Waals surface area (Å²) in [6.45, 7) is 6.15. The molecule has 132 valence electrons. The van der Waals surface area contributed by atoms with Gasteiger partial charge >= 0.3 is 0 Å². The molecule has 0 amide bonds. The number of morpholine rings is 1. The molecule has 3 fully saturated rings. The SMILES string of the molecule is CC(/C(=N/C1CCCCC1)NC1CCCCC1)N1CCOCC1. The van der Waals surface area contributed by atoms with E-state index in [1.165, 1.54) is 70.0 Å². The molecule has 2 aliphatic carbocycles. The Morgan fingerprint density at radius 2 is 1.57 bits per heavy atom. The van der Waals surface area contributed by atoms with Gasteiger partial charge in [0.25, 0.3) is 0 Å². The van der Waals surface area contributed by atoms with Crippen LogP contribution in [0.25, 0.3) is 0 Å². The smallest absolute Gasteiger partial charge is 0.114 e. The van der Waals surface area contributed by atoms with Crippen LogP contribution < -0.4 is 5.32 Å². The summed E-state index contributed by atoms with van der Waals surface area (Å²) in [6.07, 6.45) is 13.5. The summed E-state index contributed by atoms with van der Waals surface area (Å²) in [4.78, 5) is 7.77. The second kappa shape index (κ2) is 9.03. The quantitative estimate of drug-likeness (QED) is 0.637. The number of amidine groups is 1. The van der Waals surface area contributed by atoms with Crippen LogP contribution in [-0.2, 0) is 4.74 Å². The molecule has 1 N–H and O–H groups in total. The fourth-order valence-corrected chi connectivity index (χ4v) is 4.27. The van der Waals surface area contributed by atoms with E-state index in [2.05, 4.69) is 17.1 Å². The van der Waals surface area contributed by atoms with Crippen molar-refractivity contribution in [1.82, 2.24) is 10.2 Å². The highest BCUT2D eigenvalue weighted by Crippen LogP contribution is 2.22. The van der Waals surface area contributed by atoms with Crippen molar-refractivity contribution in [3.05, 3.63) is 0 Å². The first kappa shape index (κ1) is 17.2. The minimum Gasteiger partial charge on any atom is -0.379 e. The van der Waals surface area contributed by atoms with Crippen LogP contribution in [0.15, 0.2) is 4.99 Å². The summed E-state index contributed by atoms with van der Waals surface area (Å²) >= 11 is 0. The van der Waals surface area contributed by atoms with E-state index in [1.54, 1.807) is 0 Å². The molecule has 4 nitrogen and oxygen atoms in total. The molecule has 4 heteroatoms. The molecule has 1 saturated heterocycles. The van der Waals surface area contributed by atoms with Crippen molar-refractivity contribution in [3.63, 3.8) is 0 Å². The van der Waals surface area contributed by atoms with Crippen molar-refractivity contribution in [2.24, 2.45) is 4.99 Å². The summed E-state index contributed by atoms with van der Waals surface area (Å²) in [6, 6.07) is 1.61. The Balaban J connectivity index is 1.66. The molecule has 0 bridgehead atoms. The topological polar surface area (TPSA) is 36.9 Å². The van der Waals surface area contributed by atoms with Gasteiger partial charge in [0.2, 0.25) is 0 Å². The molecule has 0 radical (unpaired) electrons. The zero-order chi connectivity index (χ0) is 15.9. The standard InChI is InChI=1S/C19H35N3O/c1-16(22-12-14-23-15-13-22)19(20-17-8-4-2-5-9-17)21-18-10-6-3-7-11-18/h16-18H,2-15H2,1H3,(H,20,21). The molecule has 2 saturated carbocycles. The molecule has 0 aromatic heterocycles. The number of nitrogens with zero attached hydrogens (tertiary/aromatic N) is 2.